The summed E-state index contributed by atoms with van der Waals surface area (Å²) in [5.74, 6) is -1.13. The number of anilines is 1. The van der Waals surface area contributed by atoms with Crippen molar-refractivity contribution >= 4 is 55.1 Å². The molecule has 9 heteroatoms. The van der Waals surface area contributed by atoms with Gasteiger partial charge in [0.1, 0.15) is 0 Å². The first-order valence-electron chi connectivity index (χ1n) is 8.66. The molecular formula is C20H18BrNO5S2. The van der Waals surface area contributed by atoms with Crippen molar-refractivity contribution in [2.45, 2.75) is 10.9 Å². The fourth-order valence-electron chi connectivity index (χ4n) is 2.76. The average molecular weight is 496 g/mol. The highest BCUT2D eigenvalue weighted by molar-refractivity contribution is 9.10. The van der Waals surface area contributed by atoms with Gasteiger partial charge in [0.15, 0.2) is 16.4 Å². The minimum atomic E-state index is -3.34. The largest absolute Gasteiger partial charge is 0.455 e. The number of hydrogen-bond acceptors (Lipinski definition) is 6. The molecular weight excluding hydrogens is 478 g/mol. The normalized spacial score (nSPS) is 17.1. The van der Waals surface area contributed by atoms with Crippen LogP contribution in [0.3, 0.4) is 0 Å². The monoisotopic (exact) mass is 495 g/mol. The number of thioether (sulfide) groups is 1. The van der Waals surface area contributed by atoms with Crippen LogP contribution in [-0.4, -0.2) is 44.4 Å². The van der Waals surface area contributed by atoms with E-state index < -0.39 is 34.4 Å². The topological polar surface area (TPSA) is 80.8 Å². The van der Waals surface area contributed by atoms with Crippen LogP contribution in [0.2, 0.25) is 0 Å². The van der Waals surface area contributed by atoms with Crippen LogP contribution >= 0.6 is 27.7 Å². The zero-order valence-corrected chi connectivity index (χ0v) is 18.5. The Morgan fingerprint density at radius 3 is 2.41 bits per heavy atom. The van der Waals surface area contributed by atoms with Crippen LogP contribution in [0.1, 0.15) is 0 Å². The Morgan fingerprint density at radius 2 is 1.79 bits per heavy atom. The number of carbonyl (C=O) groups excluding carboxylic acids is 2. The van der Waals surface area contributed by atoms with Gasteiger partial charge in [-0.25, -0.2) is 8.42 Å². The first kappa shape index (κ1) is 21.6. The minimum Gasteiger partial charge on any atom is -0.455 e. The van der Waals surface area contributed by atoms with E-state index in [4.69, 9.17) is 4.74 Å². The molecule has 0 radical (unpaired) electrons. The third kappa shape index (κ3) is 6.19. The van der Waals surface area contributed by atoms with Crippen molar-refractivity contribution in [2.24, 2.45) is 0 Å². The van der Waals surface area contributed by atoms with E-state index in [2.05, 4.69) is 15.9 Å². The van der Waals surface area contributed by atoms with Gasteiger partial charge in [-0.3, -0.25) is 9.59 Å². The minimum absolute atomic E-state index is 0.0674. The Kier molecular flexibility index (Phi) is 7.15. The van der Waals surface area contributed by atoms with E-state index in [0.29, 0.717) is 5.69 Å². The SMILES string of the molecule is O=C(CSc1ccc(Br)cc1)OCC(=O)N(c1ccccc1)C1C=CS(=O)(=O)C1. The van der Waals surface area contributed by atoms with Gasteiger partial charge in [-0.15, -0.1) is 11.8 Å². The third-order valence-electron chi connectivity index (χ3n) is 4.07. The number of esters is 1. The lowest BCUT2D eigenvalue weighted by atomic mass is 10.2. The van der Waals surface area contributed by atoms with Gasteiger partial charge in [-0.1, -0.05) is 34.1 Å². The molecule has 1 aliphatic heterocycles. The van der Waals surface area contributed by atoms with Crippen molar-refractivity contribution in [3.05, 3.63) is 70.6 Å². The third-order valence-corrected chi connectivity index (χ3v) is 6.96. The van der Waals surface area contributed by atoms with Crippen molar-refractivity contribution in [3.8, 4) is 0 Å². The molecule has 1 aliphatic rings. The van der Waals surface area contributed by atoms with Gasteiger partial charge < -0.3 is 9.64 Å². The molecule has 0 aliphatic carbocycles. The molecule has 2 aromatic rings. The lowest BCUT2D eigenvalue weighted by molar-refractivity contribution is -0.145. The van der Waals surface area contributed by atoms with Gasteiger partial charge in [0, 0.05) is 20.5 Å². The molecule has 6 nitrogen and oxygen atoms in total. The van der Waals surface area contributed by atoms with Crippen LogP contribution in [0.25, 0.3) is 0 Å². The quantitative estimate of drug-likeness (QED) is 0.432. The van der Waals surface area contributed by atoms with Crippen molar-refractivity contribution in [1.82, 2.24) is 0 Å². The smallest absolute Gasteiger partial charge is 0.316 e. The molecule has 0 fully saturated rings. The number of para-hydroxylation sites is 1. The first-order valence-corrected chi connectivity index (χ1v) is 12.2. The predicted octanol–water partition coefficient (Wildman–Crippen LogP) is 3.43. The highest BCUT2D eigenvalue weighted by Gasteiger charge is 2.31. The molecule has 1 heterocycles. The standard InChI is InChI=1S/C20H18BrNO5S2/c21-15-6-8-18(9-7-15)28-13-20(24)27-12-19(23)22(16-4-2-1-3-5-16)17-10-11-29(25,26)14-17/h1-11,17H,12-14H2. The van der Waals surface area contributed by atoms with Crippen LogP contribution in [0.15, 0.2) is 75.4 Å². The fraction of sp³-hybridized carbons (Fsp3) is 0.200. The Bertz CT molecular complexity index is 1010. The Labute approximate surface area is 182 Å². The summed E-state index contributed by atoms with van der Waals surface area (Å²) in [6.07, 6.45) is 1.48. The van der Waals surface area contributed by atoms with E-state index in [0.717, 1.165) is 14.8 Å². The molecule has 1 amide bonds. The molecule has 2 aromatic carbocycles. The highest BCUT2D eigenvalue weighted by atomic mass is 79.9. The number of rotatable bonds is 7. The number of halogens is 1. The summed E-state index contributed by atoms with van der Waals surface area (Å²) in [4.78, 5) is 27.1. The lowest BCUT2D eigenvalue weighted by Gasteiger charge is -2.27. The predicted molar refractivity (Wildman–Crippen MR) is 116 cm³/mol. The van der Waals surface area contributed by atoms with Crippen LogP contribution in [-0.2, 0) is 24.2 Å². The first-order chi connectivity index (χ1) is 13.8. The van der Waals surface area contributed by atoms with Crippen LogP contribution in [0.5, 0.6) is 0 Å². The van der Waals surface area contributed by atoms with Crippen molar-refractivity contribution < 1.29 is 22.7 Å². The number of carbonyl (C=O) groups is 2. The van der Waals surface area contributed by atoms with Gasteiger partial charge in [-0.2, -0.15) is 0 Å². The van der Waals surface area contributed by atoms with E-state index in [1.165, 1.54) is 22.7 Å². The second-order valence-corrected chi connectivity index (χ2v) is 10.1. The molecule has 29 heavy (non-hydrogen) atoms. The molecule has 0 bridgehead atoms. The molecule has 0 N–H and O–H groups in total. The molecule has 152 valence electrons. The van der Waals surface area contributed by atoms with Crippen molar-refractivity contribution in [2.75, 3.05) is 23.0 Å². The van der Waals surface area contributed by atoms with Crippen molar-refractivity contribution in [3.63, 3.8) is 0 Å². The van der Waals surface area contributed by atoms with E-state index in [9.17, 15) is 18.0 Å². The Hall–Kier alpha value is -2.10. The number of nitrogens with zero attached hydrogens (tertiary/aromatic N) is 1. The van der Waals surface area contributed by atoms with Crippen LogP contribution in [0, 0.1) is 0 Å². The fourth-order valence-corrected chi connectivity index (χ4v) is 4.98. The summed E-state index contributed by atoms with van der Waals surface area (Å²) in [6.45, 7) is -0.459. The highest BCUT2D eigenvalue weighted by Crippen LogP contribution is 2.23. The second kappa shape index (κ2) is 9.60. The molecule has 1 atom stereocenters. The zero-order chi connectivity index (χ0) is 20.9. The van der Waals surface area contributed by atoms with Gasteiger partial charge >= 0.3 is 5.97 Å². The van der Waals surface area contributed by atoms with Gasteiger partial charge in [0.05, 0.1) is 17.5 Å². The maximum atomic E-state index is 12.8. The summed E-state index contributed by atoms with van der Waals surface area (Å²) in [6, 6.07) is 15.6. The van der Waals surface area contributed by atoms with Gasteiger partial charge in [0.25, 0.3) is 5.91 Å². The summed E-state index contributed by atoms with van der Waals surface area (Å²) < 4.78 is 29.7. The van der Waals surface area contributed by atoms with E-state index in [1.54, 1.807) is 30.3 Å². The molecule has 1 unspecified atom stereocenters. The molecule has 0 aromatic heterocycles. The van der Waals surface area contributed by atoms with E-state index in [-0.39, 0.29) is 11.5 Å². The molecule has 0 saturated carbocycles. The van der Waals surface area contributed by atoms with Gasteiger partial charge in [-0.05, 0) is 42.5 Å². The Morgan fingerprint density at radius 1 is 1.10 bits per heavy atom. The molecule has 3 rings (SSSR count). The van der Waals surface area contributed by atoms with Crippen molar-refractivity contribution in [1.29, 1.82) is 0 Å². The summed E-state index contributed by atoms with van der Waals surface area (Å²) >= 11 is 4.66. The summed E-state index contributed by atoms with van der Waals surface area (Å²) in [5, 5.41) is 1.11. The zero-order valence-electron chi connectivity index (χ0n) is 15.2. The van der Waals surface area contributed by atoms with Gasteiger partial charge in [0.2, 0.25) is 0 Å². The number of amides is 1. The van der Waals surface area contributed by atoms with E-state index >= 15 is 0 Å². The Balaban J connectivity index is 1.60. The number of hydrogen-bond donors (Lipinski definition) is 0. The van der Waals surface area contributed by atoms with E-state index in [1.807, 2.05) is 24.3 Å². The summed E-state index contributed by atoms with van der Waals surface area (Å²) in [7, 11) is -3.34. The number of benzene rings is 2. The van der Waals surface area contributed by atoms with Crippen LogP contribution in [0.4, 0.5) is 5.69 Å². The average Bonchev–Trinajstić information content (AvgIpc) is 3.06. The van der Waals surface area contributed by atoms with Crippen LogP contribution < -0.4 is 4.90 Å². The lowest BCUT2D eigenvalue weighted by Crippen LogP contribution is -2.43. The summed E-state index contributed by atoms with van der Waals surface area (Å²) in [5.41, 5.74) is 0.546. The number of sulfone groups is 1. The second-order valence-electron chi connectivity index (χ2n) is 6.23. The number of ether oxygens (including phenoxy) is 1. The maximum absolute atomic E-state index is 12.8. The molecule has 0 saturated heterocycles. The maximum Gasteiger partial charge on any atom is 0.316 e. The molecule has 0 spiro atoms.